The number of hydrogen-bond acceptors (Lipinski definition) is 3. The maximum atomic E-state index is 11.9. The second-order valence-corrected chi connectivity index (χ2v) is 4.88. The van der Waals surface area contributed by atoms with Crippen molar-refractivity contribution < 1.29 is 9.53 Å². The molecule has 5 heteroatoms. The van der Waals surface area contributed by atoms with E-state index in [2.05, 4.69) is 21.2 Å². The zero-order chi connectivity index (χ0) is 12.3. The van der Waals surface area contributed by atoms with Crippen LogP contribution in [-0.4, -0.2) is 38.8 Å². The topological polar surface area (TPSA) is 41.6 Å². The van der Waals surface area contributed by atoms with Crippen molar-refractivity contribution in [3.63, 3.8) is 0 Å². The van der Waals surface area contributed by atoms with E-state index in [1.807, 2.05) is 36.2 Å². The highest BCUT2D eigenvalue weighted by Crippen LogP contribution is 2.22. The molecule has 1 heterocycles. The SMILES string of the molecule is CNCC1COCC(=O)N1c1ccc(Br)cc1. The van der Waals surface area contributed by atoms with Gasteiger partial charge in [0.1, 0.15) is 6.61 Å². The van der Waals surface area contributed by atoms with Gasteiger partial charge in [-0.1, -0.05) is 15.9 Å². The number of ether oxygens (including phenoxy) is 1. The molecule has 1 unspecified atom stereocenters. The first-order chi connectivity index (χ1) is 8.22. The molecule has 0 bridgehead atoms. The predicted molar refractivity (Wildman–Crippen MR) is 70.2 cm³/mol. The molecule has 1 saturated heterocycles. The van der Waals surface area contributed by atoms with Gasteiger partial charge in [0.15, 0.2) is 0 Å². The van der Waals surface area contributed by atoms with Crippen LogP contribution in [0.15, 0.2) is 28.7 Å². The number of nitrogens with zero attached hydrogens (tertiary/aromatic N) is 1. The lowest BCUT2D eigenvalue weighted by Gasteiger charge is -2.35. The van der Waals surface area contributed by atoms with Crippen molar-refractivity contribution >= 4 is 27.5 Å². The summed E-state index contributed by atoms with van der Waals surface area (Å²) in [6.45, 7) is 1.46. The van der Waals surface area contributed by atoms with Crippen molar-refractivity contribution in [2.45, 2.75) is 6.04 Å². The second kappa shape index (κ2) is 5.62. The van der Waals surface area contributed by atoms with Gasteiger partial charge < -0.3 is 15.0 Å². The average molecular weight is 299 g/mol. The smallest absolute Gasteiger partial charge is 0.253 e. The third-order valence-electron chi connectivity index (χ3n) is 2.71. The Bertz CT molecular complexity index is 392. The van der Waals surface area contributed by atoms with Gasteiger partial charge in [-0.2, -0.15) is 0 Å². The van der Waals surface area contributed by atoms with Gasteiger partial charge in [0.05, 0.1) is 12.6 Å². The zero-order valence-corrected chi connectivity index (χ0v) is 11.2. The van der Waals surface area contributed by atoms with Gasteiger partial charge in [0.2, 0.25) is 0 Å². The van der Waals surface area contributed by atoms with Gasteiger partial charge in [-0.3, -0.25) is 4.79 Å². The Morgan fingerprint density at radius 2 is 2.18 bits per heavy atom. The summed E-state index contributed by atoms with van der Waals surface area (Å²) < 4.78 is 6.29. The van der Waals surface area contributed by atoms with Crippen molar-refractivity contribution in [3.05, 3.63) is 28.7 Å². The number of benzene rings is 1. The van der Waals surface area contributed by atoms with Crippen molar-refractivity contribution in [2.75, 3.05) is 31.7 Å². The largest absolute Gasteiger partial charge is 0.369 e. The molecular formula is C12H15BrN2O2. The van der Waals surface area contributed by atoms with E-state index in [9.17, 15) is 4.79 Å². The zero-order valence-electron chi connectivity index (χ0n) is 9.65. The Kier molecular flexibility index (Phi) is 4.15. The Morgan fingerprint density at radius 1 is 1.47 bits per heavy atom. The molecule has 1 aromatic carbocycles. The van der Waals surface area contributed by atoms with Gasteiger partial charge in [-0.25, -0.2) is 0 Å². The molecule has 17 heavy (non-hydrogen) atoms. The van der Waals surface area contributed by atoms with Crippen LogP contribution in [0.3, 0.4) is 0 Å². The lowest BCUT2D eigenvalue weighted by atomic mass is 10.2. The van der Waals surface area contributed by atoms with E-state index in [1.165, 1.54) is 0 Å². The Labute approximate surface area is 109 Å². The van der Waals surface area contributed by atoms with Gasteiger partial charge in [0.25, 0.3) is 5.91 Å². The first-order valence-electron chi connectivity index (χ1n) is 5.52. The number of hydrogen-bond donors (Lipinski definition) is 1. The summed E-state index contributed by atoms with van der Waals surface area (Å²) >= 11 is 3.39. The molecule has 0 saturated carbocycles. The summed E-state index contributed by atoms with van der Waals surface area (Å²) in [7, 11) is 1.87. The highest BCUT2D eigenvalue weighted by atomic mass is 79.9. The van der Waals surface area contributed by atoms with E-state index < -0.39 is 0 Å². The number of anilines is 1. The molecule has 0 radical (unpaired) electrons. The number of amides is 1. The fraction of sp³-hybridized carbons (Fsp3) is 0.417. The lowest BCUT2D eigenvalue weighted by Crippen LogP contribution is -2.53. The second-order valence-electron chi connectivity index (χ2n) is 3.97. The van der Waals surface area contributed by atoms with E-state index in [4.69, 9.17) is 4.74 Å². The van der Waals surface area contributed by atoms with Crippen LogP contribution in [0.2, 0.25) is 0 Å². The number of rotatable bonds is 3. The van der Waals surface area contributed by atoms with Crippen molar-refractivity contribution in [3.8, 4) is 0 Å². The summed E-state index contributed by atoms with van der Waals surface area (Å²) in [5.74, 6) is 0.0128. The number of halogens is 1. The van der Waals surface area contributed by atoms with Gasteiger partial charge in [-0.15, -0.1) is 0 Å². The molecule has 92 valence electrons. The van der Waals surface area contributed by atoms with E-state index in [0.29, 0.717) is 6.61 Å². The Hall–Kier alpha value is -0.910. The number of morpholine rings is 1. The van der Waals surface area contributed by atoms with Gasteiger partial charge >= 0.3 is 0 Å². The summed E-state index contributed by atoms with van der Waals surface area (Å²) in [5.41, 5.74) is 0.918. The molecule has 4 nitrogen and oxygen atoms in total. The quantitative estimate of drug-likeness (QED) is 0.917. The molecular weight excluding hydrogens is 284 g/mol. The van der Waals surface area contributed by atoms with E-state index >= 15 is 0 Å². The van der Waals surface area contributed by atoms with E-state index in [-0.39, 0.29) is 18.6 Å². The van der Waals surface area contributed by atoms with E-state index in [1.54, 1.807) is 0 Å². The standard InChI is InChI=1S/C12H15BrN2O2/c1-14-6-11-7-17-8-12(16)15(11)10-4-2-9(13)3-5-10/h2-5,11,14H,6-8H2,1H3. The minimum atomic E-state index is 0.0128. The van der Waals surface area contributed by atoms with Crippen LogP contribution in [0, 0.1) is 0 Å². The molecule has 0 aromatic heterocycles. The number of carbonyl (C=O) groups is 1. The molecule has 1 aliphatic rings. The summed E-state index contributed by atoms with van der Waals surface area (Å²) in [4.78, 5) is 13.7. The van der Waals surface area contributed by atoms with Crippen molar-refractivity contribution in [1.29, 1.82) is 0 Å². The first-order valence-corrected chi connectivity index (χ1v) is 6.31. The lowest BCUT2D eigenvalue weighted by molar-refractivity contribution is -0.127. The van der Waals surface area contributed by atoms with Crippen LogP contribution in [0.1, 0.15) is 0 Å². The maximum Gasteiger partial charge on any atom is 0.253 e. The fourth-order valence-electron chi connectivity index (χ4n) is 1.97. The number of carbonyl (C=O) groups excluding carboxylic acids is 1. The van der Waals surface area contributed by atoms with Crippen LogP contribution < -0.4 is 10.2 Å². The van der Waals surface area contributed by atoms with Crippen molar-refractivity contribution in [1.82, 2.24) is 5.32 Å². The highest BCUT2D eigenvalue weighted by molar-refractivity contribution is 9.10. The molecule has 1 amide bonds. The predicted octanol–water partition coefficient (Wildman–Crippen LogP) is 1.40. The minimum absolute atomic E-state index is 0.0128. The van der Waals surface area contributed by atoms with Crippen LogP contribution in [0.4, 0.5) is 5.69 Å². The summed E-state index contributed by atoms with van der Waals surface area (Å²) in [6, 6.07) is 7.82. The number of likely N-dealkylation sites (N-methyl/N-ethyl adjacent to an activating group) is 1. The Morgan fingerprint density at radius 3 is 2.82 bits per heavy atom. The van der Waals surface area contributed by atoms with Crippen LogP contribution >= 0.6 is 15.9 Å². The van der Waals surface area contributed by atoms with E-state index in [0.717, 1.165) is 16.7 Å². The molecule has 0 spiro atoms. The maximum absolute atomic E-state index is 11.9. The normalized spacial score (nSPS) is 20.7. The number of nitrogens with one attached hydrogen (secondary N) is 1. The minimum Gasteiger partial charge on any atom is -0.369 e. The van der Waals surface area contributed by atoms with Crippen molar-refractivity contribution in [2.24, 2.45) is 0 Å². The molecule has 1 aliphatic heterocycles. The van der Waals surface area contributed by atoms with Gasteiger partial charge in [-0.05, 0) is 31.3 Å². The molecule has 1 fully saturated rings. The van der Waals surface area contributed by atoms with Gasteiger partial charge in [0, 0.05) is 16.7 Å². The third-order valence-corrected chi connectivity index (χ3v) is 3.24. The van der Waals surface area contributed by atoms with Crippen LogP contribution in [-0.2, 0) is 9.53 Å². The monoisotopic (exact) mass is 298 g/mol. The third kappa shape index (κ3) is 2.86. The average Bonchev–Trinajstić information content (AvgIpc) is 2.32. The molecule has 1 atom stereocenters. The fourth-order valence-corrected chi connectivity index (χ4v) is 2.24. The Balaban J connectivity index is 2.24. The first kappa shape index (κ1) is 12.5. The molecule has 1 aromatic rings. The van der Waals surface area contributed by atoms with Crippen LogP contribution in [0.25, 0.3) is 0 Å². The highest BCUT2D eigenvalue weighted by Gasteiger charge is 2.29. The van der Waals surface area contributed by atoms with Crippen LogP contribution in [0.5, 0.6) is 0 Å². The summed E-state index contributed by atoms with van der Waals surface area (Å²) in [6.07, 6.45) is 0. The molecule has 2 rings (SSSR count). The molecule has 0 aliphatic carbocycles. The summed E-state index contributed by atoms with van der Waals surface area (Å²) in [5, 5.41) is 3.09. The molecule has 1 N–H and O–H groups in total.